The van der Waals surface area contributed by atoms with E-state index in [9.17, 15) is 0 Å². The van der Waals surface area contributed by atoms with Gasteiger partial charge in [-0.25, -0.2) is 0 Å². The lowest BCUT2D eigenvalue weighted by molar-refractivity contribution is 0.0322. The summed E-state index contributed by atoms with van der Waals surface area (Å²) in [6.07, 6.45) is 5.03. The van der Waals surface area contributed by atoms with Gasteiger partial charge < -0.3 is 19.6 Å². The van der Waals surface area contributed by atoms with E-state index in [2.05, 4.69) is 20.4 Å². The van der Waals surface area contributed by atoms with Gasteiger partial charge in [0.25, 0.3) is 0 Å². The van der Waals surface area contributed by atoms with Crippen LogP contribution in [0, 0.1) is 0 Å². The lowest BCUT2D eigenvalue weighted by Crippen LogP contribution is -2.32. The second-order valence-corrected chi connectivity index (χ2v) is 4.67. The number of aromatic amines is 1. The molecule has 1 aliphatic heterocycles. The molecule has 0 bridgehead atoms. The van der Waals surface area contributed by atoms with Crippen LogP contribution in [-0.2, 0) is 11.2 Å². The first-order valence-electron chi connectivity index (χ1n) is 6.70. The fourth-order valence-corrected chi connectivity index (χ4v) is 2.21. The average molecular weight is 262 g/mol. The number of rotatable bonds is 5. The van der Waals surface area contributed by atoms with Gasteiger partial charge in [0.2, 0.25) is 11.7 Å². The van der Waals surface area contributed by atoms with Crippen molar-refractivity contribution in [2.24, 2.45) is 0 Å². The molecule has 6 nitrogen and oxygen atoms in total. The van der Waals surface area contributed by atoms with Crippen molar-refractivity contribution in [3.05, 3.63) is 24.2 Å². The molecule has 2 aromatic heterocycles. The van der Waals surface area contributed by atoms with Gasteiger partial charge in [0.15, 0.2) is 0 Å². The largest absolute Gasteiger partial charge is 0.378 e. The van der Waals surface area contributed by atoms with E-state index in [0.717, 1.165) is 31.6 Å². The van der Waals surface area contributed by atoms with Gasteiger partial charge in [-0.3, -0.25) is 0 Å². The molecule has 0 aliphatic carbocycles. The van der Waals surface area contributed by atoms with Gasteiger partial charge in [-0.2, -0.15) is 4.98 Å². The zero-order chi connectivity index (χ0) is 12.9. The topological polar surface area (TPSA) is 76.0 Å². The second-order valence-electron chi connectivity index (χ2n) is 4.67. The molecule has 1 aliphatic rings. The molecule has 102 valence electrons. The summed E-state index contributed by atoms with van der Waals surface area (Å²) < 4.78 is 11.0. The molecular weight excluding hydrogens is 244 g/mol. The highest BCUT2D eigenvalue weighted by atomic mass is 16.5. The van der Waals surface area contributed by atoms with Crippen LogP contribution >= 0.6 is 0 Å². The Kier molecular flexibility index (Phi) is 3.90. The van der Waals surface area contributed by atoms with Crippen molar-refractivity contribution in [1.82, 2.24) is 20.4 Å². The molecule has 19 heavy (non-hydrogen) atoms. The molecule has 0 saturated carbocycles. The lowest BCUT2D eigenvalue weighted by atomic mass is 10.1. The van der Waals surface area contributed by atoms with Crippen molar-refractivity contribution in [1.29, 1.82) is 0 Å². The molecule has 3 heterocycles. The summed E-state index contributed by atoms with van der Waals surface area (Å²) in [5, 5.41) is 7.26. The highest BCUT2D eigenvalue weighted by molar-refractivity contribution is 5.47. The van der Waals surface area contributed by atoms with E-state index in [1.807, 2.05) is 18.3 Å². The van der Waals surface area contributed by atoms with E-state index in [1.165, 1.54) is 0 Å². The summed E-state index contributed by atoms with van der Waals surface area (Å²) in [7, 11) is 0. The number of nitrogens with zero attached hydrogens (tertiary/aromatic N) is 2. The molecular formula is C13H18N4O2. The van der Waals surface area contributed by atoms with Crippen LogP contribution in [0.5, 0.6) is 0 Å². The van der Waals surface area contributed by atoms with E-state index < -0.39 is 0 Å². The SMILES string of the molecule is c1c[nH]c(-c2noc(CCOC3CCNCC3)n2)c1. The van der Waals surface area contributed by atoms with Crippen LogP contribution in [0.25, 0.3) is 11.5 Å². The van der Waals surface area contributed by atoms with Crippen molar-refractivity contribution in [2.75, 3.05) is 19.7 Å². The van der Waals surface area contributed by atoms with Crippen molar-refractivity contribution in [3.8, 4) is 11.5 Å². The molecule has 1 fully saturated rings. The zero-order valence-electron chi connectivity index (χ0n) is 10.8. The molecule has 0 spiro atoms. The minimum Gasteiger partial charge on any atom is -0.378 e. The molecule has 2 N–H and O–H groups in total. The van der Waals surface area contributed by atoms with Crippen LogP contribution in [0.15, 0.2) is 22.9 Å². The Hall–Kier alpha value is -1.66. The Morgan fingerprint density at radius 3 is 3.05 bits per heavy atom. The Labute approximate surface area is 111 Å². The maximum atomic E-state index is 5.81. The number of H-pyrrole nitrogens is 1. The van der Waals surface area contributed by atoms with E-state index in [1.54, 1.807) is 0 Å². The third-order valence-corrected chi connectivity index (χ3v) is 3.26. The van der Waals surface area contributed by atoms with Gasteiger partial charge in [0.1, 0.15) is 0 Å². The molecule has 0 atom stereocenters. The lowest BCUT2D eigenvalue weighted by Gasteiger charge is -2.22. The summed E-state index contributed by atoms with van der Waals surface area (Å²) in [5.74, 6) is 1.22. The minimum absolute atomic E-state index is 0.368. The molecule has 3 rings (SSSR count). The molecule has 2 aromatic rings. The number of hydrogen-bond donors (Lipinski definition) is 2. The van der Waals surface area contributed by atoms with Crippen molar-refractivity contribution < 1.29 is 9.26 Å². The summed E-state index contributed by atoms with van der Waals surface area (Å²) in [4.78, 5) is 7.39. The Bertz CT molecular complexity index is 488. The number of piperidine rings is 1. The van der Waals surface area contributed by atoms with Gasteiger partial charge >= 0.3 is 0 Å². The zero-order valence-corrected chi connectivity index (χ0v) is 10.8. The first kappa shape index (κ1) is 12.4. The smallest absolute Gasteiger partial charge is 0.229 e. The van der Waals surface area contributed by atoms with Gasteiger partial charge in [0, 0.05) is 6.20 Å². The third-order valence-electron chi connectivity index (χ3n) is 3.26. The molecule has 0 unspecified atom stereocenters. The monoisotopic (exact) mass is 262 g/mol. The van der Waals surface area contributed by atoms with Gasteiger partial charge in [-0.05, 0) is 38.1 Å². The fourth-order valence-electron chi connectivity index (χ4n) is 2.21. The molecule has 6 heteroatoms. The van der Waals surface area contributed by atoms with Gasteiger partial charge in [-0.1, -0.05) is 5.16 Å². The quantitative estimate of drug-likeness (QED) is 0.851. The minimum atomic E-state index is 0.368. The van der Waals surface area contributed by atoms with Crippen LogP contribution in [0.3, 0.4) is 0 Å². The summed E-state index contributed by atoms with van der Waals surface area (Å²) >= 11 is 0. The van der Waals surface area contributed by atoms with Gasteiger partial charge in [-0.15, -0.1) is 0 Å². The number of ether oxygens (including phenoxy) is 1. The van der Waals surface area contributed by atoms with Crippen LogP contribution in [-0.4, -0.2) is 40.9 Å². The maximum absolute atomic E-state index is 5.81. The molecule has 1 saturated heterocycles. The maximum Gasteiger partial charge on any atom is 0.229 e. The summed E-state index contributed by atoms with van der Waals surface area (Å²) in [6.45, 7) is 2.72. The standard InChI is InChI=1S/C13H18N4O2/c1-2-11(15-6-1)13-16-12(19-17-13)5-9-18-10-3-7-14-8-4-10/h1-2,6,10,14-15H,3-5,7-9H2. The van der Waals surface area contributed by atoms with E-state index in [0.29, 0.717) is 30.8 Å². The Morgan fingerprint density at radius 1 is 1.37 bits per heavy atom. The van der Waals surface area contributed by atoms with Crippen LogP contribution in [0.1, 0.15) is 18.7 Å². The summed E-state index contributed by atoms with van der Waals surface area (Å²) in [6, 6.07) is 3.83. The third kappa shape index (κ3) is 3.21. The van der Waals surface area contributed by atoms with Crippen LogP contribution in [0.2, 0.25) is 0 Å². The number of nitrogens with one attached hydrogen (secondary N) is 2. The van der Waals surface area contributed by atoms with Gasteiger partial charge in [0.05, 0.1) is 24.8 Å². The molecule has 0 aromatic carbocycles. The van der Waals surface area contributed by atoms with E-state index >= 15 is 0 Å². The second kappa shape index (κ2) is 5.99. The number of hydrogen-bond acceptors (Lipinski definition) is 5. The highest BCUT2D eigenvalue weighted by Crippen LogP contribution is 2.13. The highest BCUT2D eigenvalue weighted by Gasteiger charge is 2.14. The van der Waals surface area contributed by atoms with E-state index in [-0.39, 0.29) is 0 Å². The van der Waals surface area contributed by atoms with E-state index in [4.69, 9.17) is 9.26 Å². The Balaban J connectivity index is 1.48. The average Bonchev–Trinajstić information content (AvgIpc) is 3.10. The summed E-state index contributed by atoms with van der Waals surface area (Å²) in [5.41, 5.74) is 0.870. The number of aromatic nitrogens is 3. The Morgan fingerprint density at radius 2 is 2.26 bits per heavy atom. The first-order valence-corrected chi connectivity index (χ1v) is 6.70. The van der Waals surface area contributed by atoms with Crippen LogP contribution < -0.4 is 5.32 Å². The first-order chi connectivity index (χ1) is 9.42. The van der Waals surface area contributed by atoms with Crippen molar-refractivity contribution in [3.63, 3.8) is 0 Å². The van der Waals surface area contributed by atoms with Crippen molar-refractivity contribution in [2.45, 2.75) is 25.4 Å². The predicted molar refractivity (Wildman–Crippen MR) is 69.6 cm³/mol. The molecule has 0 radical (unpaired) electrons. The normalized spacial score (nSPS) is 16.8. The predicted octanol–water partition coefficient (Wildman–Crippen LogP) is 1.38. The van der Waals surface area contributed by atoms with Crippen LogP contribution in [0.4, 0.5) is 0 Å². The fraction of sp³-hybridized carbons (Fsp3) is 0.538. The molecule has 0 amide bonds. The van der Waals surface area contributed by atoms with Crippen molar-refractivity contribution >= 4 is 0 Å².